The van der Waals surface area contributed by atoms with Crippen molar-refractivity contribution in [3.05, 3.63) is 0 Å². The predicted octanol–water partition coefficient (Wildman–Crippen LogP) is -2.03. The van der Waals surface area contributed by atoms with Gasteiger partial charge in [0.25, 0.3) is 0 Å². The normalized spacial score (nSPS) is 14.8. The summed E-state index contributed by atoms with van der Waals surface area (Å²) in [5.41, 5.74) is 21.7. The molecule has 5 atom stereocenters. The molecule has 12 N–H and O–H groups in total. The molecule has 37 heavy (non-hydrogen) atoms. The average molecular weight is 547 g/mol. The first kappa shape index (κ1) is 33.9. The zero-order valence-electron chi connectivity index (χ0n) is 21.7. The number of nitrogens with one attached hydrogen (secondary N) is 3. The summed E-state index contributed by atoms with van der Waals surface area (Å²) in [5, 5.41) is 17.0. The fourth-order valence-corrected chi connectivity index (χ4v) is 3.68. The van der Waals surface area contributed by atoms with Gasteiger partial charge in [0.15, 0.2) is 5.96 Å². The van der Waals surface area contributed by atoms with E-state index in [-0.39, 0.29) is 44.1 Å². The molecule has 15 heteroatoms. The number of hydrogen-bond acceptors (Lipinski definition) is 8. The third kappa shape index (κ3) is 14.3. The van der Waals surface area contributed by atoms with Crippen molar-refractivity contribution >= 4 is 47.3 Å². The summed E-state index contributed by atoms with van der Waals surface area (Å²) in [6, 6.07) is -4.33. The summed E-state index contributed by atoms with van der Waals surface area (Å²) < 4.78 is 0. The van der Waals surface area contributed by atoms with Gasteiger partial charge in [0.05, 0.1) is 6.04 Å². The second-order valence-corrected chi connectivity index (χ2v) is 9.66. The Morgan fingerprint density at radius 2 is 1.54 bits per heavy atom. The molecule has 212 valence electrons. The van der Waals surface area contributed by atoms with Crippen molar-refractivity contribution in [1.82, 2.24) is 16.0 Å². The van der Waals surface area contributed by atoms with E-state index in [4.69, 9.17) is 22.9 Å². The number of nitrogens with two attached hydrogens (primary N) is 4. The lowest BCUT2D eigenvalue weighted by molar-refractivity contribution is -0.142. The quantitative estimate of drug-likeness (QED) is 0.0500. The van der Waals surface area contributed by atoms with E-state index in [9.17, 15) is 29.1 Å². The number of rotatable bonds is 19. The van der Waals surface area contributed by atoms with Crippen molar-refractivity contribution in [2.24, 2.45) is 33.8 Å². The maximum atomic E-state index is 13.2. The first-order chi connectivity index (χ1) is 17.3. The van der Waals surface area contributed by atoms with Crippen LogP contribution in [-0.2, 0) is 24.0 Å². The molecule has 5 unspecified atom stereocenters. The second-order valence-electron chi connectivity index (χ2n) is 8.67. The van der Waals surface area contributed by atoms with Gasteiger partial charge < -0.3 is 44.0 Å². The zero-order valence-corrected chi connectivity index (χ0v) is 22.5. The molecule has 0 aromatic carbocycles. The minimum atomic E-state index is -1.39. The van der Waals surface area contributed by atoms with Crippen molar-refractivity contribution in [3.8, 4) is 0 Å². The highest BCUT2D eigenvalue weighted by molar-refractivity contribution is 7.98. The number of amides is 4. The van der Waals surface area contributed by atoms with Crippen LogP contribution in [0.2, 0.25) is 0 Å². The van der Waals surface area contributed by atoms with Crippen molar-refractivity contribution in [2.45, 2.75) is 76.5 Å². The Kier molecular flexibility index (Phi) is 16.7. The number of carboxylic acids is 1. The number of carbonyl (C=O) groups excluding carboxylic acids is 4. The van der Waals surface area contributed by atoms with Crippen LogP contribution >= 0.6 is 11.8 Å². The molecule has 0 saturated heterocycles. The highest BCUT2D eigenvalue weighted by Crippen LogP contribution is 2.11. The van der Waals surface area contributed by atoms with Crippen molar-refractivity contribution in [3.63, 3.8) is 0 Å². The Morgan fingerprint density at radius 3 is 2.05 bits per heavy atom. The number of aliphatic carboxylic acids is 1. The van der Waals surface area contributed by atoms with Crippen LogP contribution in [0.4, 0.5) is 0 Å². The van der Waals surface area contributed by atoms with E-state index in [1.807, 2.05) is 13.2 Å². The Hall–Kier alpha value is -3.07. The minimum Gasteiger partial charge on any atom is -0.480 e. The zero-order chi connectivity index (χ0) is 28.5. The minimum absolute atomic E-state index is 0.0743. The Bertz CT molecular complexity index is 808. The predicted molar refractivity (Wildman–Crippen MR) is 142 cm³/mol. The van der Waals surface area contributed by atoms with Crippen LogP contribution in [0.5, 0.6) is 0 Å². The summed E-state index contributed by atoms with van der Waals surface area (Å²) >= 11 is 1.54. The number of guanidine groups is 1. The fraction of sp³-hybridized carbons (Fsp3) is 0.727. The number of aliphatic imine (C=N–C) groups is 1. The number of thioether (sulfide) groups is 1. The van der Waals surface area contributed by atoms with Gasteiger partial charge in [-0.3, -0.25) is 24.2 Å². The summed E-state index contributed by atoms with van der Waals surface area (Å²) in [6.45, 7) is 3.79. The van der Waals surface area contributed by atoms with Gasteiger partial charge in [0.2, 0.25) is 23.6 Å². The van der Waals surface area contributed by atoms with E-state index in [0.717, 1.165) is 0 Å². The topological polar surface area (TPSA) is 258 Å². The monoisotopic (exact) mass is 546 g/mol. The Labute approximate surface area is 221 Å². The highest BCUT2D eigenvalue weighted by atomic mass is 32.2. The molecule has 0 spiro atoms. The van der Waals surface area contributed by atoms with Gasteiger partial charge in [-0.25, -0.2) is 4.79 Å². The molecule has 0 saturated carbocycles. The SMILES string of the molecule is CCC(C)C(NC(=O)C(N)CCSC)C(=O)NC(CCCN=C(N)N)C(=O)NC(CCC(N)=O)C(=O)O. The lowest BCUT2D eigenvalue weighted by atomic mass is 9.97. The van der Waals surface area contributed by atoms with E-state index < -0.39 is 53.8 Å². The van der Waals surface area contributed by atoms with Gasteiger partial charge in [-0.1, -0.05) is 20.3 Å². The lowest BCUT2D eigenvalue weighted by Crippen LogP contribution is -2.58. The summed E-state index contributed by atoms with van der Waals surface area (Å²) in [4.78, 5) is 65.2. The highest BCUT2D eigenvalue weighted by Gasteiger charge is 2.32. The molecule has 0 aliphatic rings. The number of carboxylic acid groups (broad SMARTS) is 1. The Balaban J connectivity index is 5.66. The first-order valence-corrected chi connectivity index (χ1v) is 13.4. The van der Waals surface area contributed by atoms with Crippen molar-refractivity contribution < 1.29 is 29.1 Å². The van der Waals surface area contributed by atoms with Crippen LogP contribution < -0.4 is 38.9 Å². The molecule has 0 rings (SSSR count). The molecule has 14 nitrogen and oxygen atoms in total. The van der Waals surface area contributed by atoms with Crippen LogP contribution in [0.3, 0.4) is 0 Å². The second kappa shape index (κ2) is 18.2. The molecule has 4 amide bonds. The maximum absolute atomic E-state index is 13.2. The van der Waals surface area contributed by atoms with E-state index in [0.29, 0.717) is 18.6 Å². The summed E-state index contributed by atoms with van der Waals surface area (Å²) in [5.74, 6) is -3.71. The van der Waals surface area contributed by atoms with Gasteiger partial charge >= 0.3 is 5.97 Å². The van der Waals surface area contributed by atoms with Gasteiger partial charge in [-0.15, -0.1) is 0 Å². The van der Waals surface area contributed by atoms with E-state index in [1.165, 1.54) is 0 Å². The number of carbonyl (C=O) groups is 5. The molecule has 0 aliphatic heterocycles. The van der Waals surface area contributed by atoms with Crippen LogP contribution in [-0.4, -0.2) is 83.4 Å². The van der Waals surface area contributed by atoms with Gasteiger partial charge in [0, 0.05) is 13.0 Å². The molecule has 0 heterocycles. The molecule has 0 aromatic heterocycles. The standard InChI is InChI=1S/C22H42N8O6S/c1-4-12(2)17(30-18(32)13(23)9-11-37-3)20(34)28-14(6-5-10-27-22(25)26)19(33)29-15(21(35)36)7-8-16(24)31/h12-15,17H,4-11,23H2,1-3H3,(H2,24,31)(H,28,34)(H,29,33)(H,30,32)(H,35,36)(H4,25,26,27). The number of primary amides is 1. The number of nitrogens with zero attached hydrogens (tertiary/aromatic N) is 1. The smallest absolute Gasteiger partial charge is 0.326 e. The fourth-order valence-electron chi connectivity index (χ4n) is 3.19. The van der Waals surface area contributed by atoms with E-state index >= 15 is 0 Å². The molecule has 0 radical (unpaired) electrons. The summed E-state index contributed by atoms with van der Waals surface area (Å²) in [7, 11) is 0. The van der Waals surface area contributed by atoms with Gasteiger partial charge in [-0.05, 0) is 43.6 Å². The third-order valence-corrected chi connectivity index (χ3v) is 6.28. The largest absolute Gasteiger partial charge is 0.480 e. The molecule has 0 fully saturated rings. The van der Waals surface area contributed by atoms with Crippen LogP contribution in [0, 0.1) is 5.92 Å². The Morgan fingerprint density at radius 1 is 0.919 bits per heavy atom. The van der Waals surface area contributed by atoms with Crippen molar-refractivity contribution in [2.75, 3.05) is 18.6 Å². The molecule has 0 bridgehead atoms. The van der Waals surface area contributed by atoms with Gasteiger partial charge in [0.1, 0.15) is 18.1 Å². The molecular formula is C22H42N8O6S. The number of hydrogen-bond donors (Lipinski definition) is 8. The first-order valence-electron chi connectivity index (χ1n) is 12.1. The summed E-state index contributed by atoms with van der Waals surface area (Å²) in [6.07, 6.45) is 2.76. The third-order valence-electron chi connectivity index (χ3n) is 5.64. The van der Waals surface area contributed by atoms with E-state index in [2.05, 4.69) is 20.9 Å². The van der Waals surface area contributed by atoms with Crippen LogP contribution in [0.1, 0.15) is 52.4 Å². The maximum Gasteiger partial charge on any atom is 0.326 e. The van der Waals surface area contributed by atoms with Crippen LogP contribution in [0.15, 0.2) is 4.99 Å². The van der Waals surface area contributed by atoms with Crippen molar-refractivity contribution in [1.29, 1.82) is 0 Å². The van der Waals surface area contributed by atoms with Crippen LogP contribution in [0.25, 0.3) is 0 Å². The average Bonchev–Trinajstić information content (AvgIpc) is 2.83. The molecule has 0 aromatic rings. The van der Waals surface area contributed by atoms with Gasteiger partial charge in [-0.2, -0.15) is 11.8 Å². The molecule has 0 aliphatic carbocycles. The van der Waals surface area contributed by atoms with E-state index in [1.54, 1.807) is 18.7 Å². The lowest BCUT2D eigenvalue weighted by Gasteiger charge is -2.28. The molecular weight excluding hydrogens is 504 g/mol.